The molecule has 0 amide bonds. The third-order valence-corrected chi connectivity index (χ3v) is 4.85. The van der Waals surface area contributed by atoms with E-state index in [9.17, 15) is 0 Å². The Morgan fingerprint density at radius 1 is 1.16 bits per heavy atom. The van der Waals surface area contributed by atoms with Crippen molar-refractivity contribution in [1.29, 1.82) is 0 Å². The predicted molar refractivity (Wildman–Crippen MR) is 81.4 cm³/mol. The summed E-state index contributed by atoms with van der Waals surface area (Å²) in [6.45, 7) is 5.49. The Labute approximate surface area is 124 Å². The van der Waals surface area contributed by atoms with Crippen molar-refractivity contribution in [3.05, 3.63) is 33.8 Å². The van der Waals surface area contributed by atoms with Gasteiger partial charge in [0.25, 0.3) is 0 Å². The molecule has 0 saturated carbocycles. The number of ether oxygens (including phenoxy) is 1. The van der Waals surface area contributed by atoms with Crippen LogP contribution in [0.3, 0.4) is 0 Å². The highest BCUT2D eigenvalue weighted by molar-refractivity contribution is 9.10. The molecule has 2 nitrogen and oxygen atoms in total. The molecule has 0 unspecified atom stereocenters. The van der Waals surface area contributed by atoms with Crippen LogP contribution in [-0.2, 0) is 11.3 Å². The lowest BCUT2D eigenvalue weighted by Crippen LogP contribution is -2.21. The van der Waals surface area contributed by atoms with Gasteiger partial charge in [-0.3, -0.25) is 4.90 Å². The number of hydrogen-bond acceptors (Lipinski definition) is 2. The van der Waals surface area contributed by atoms with Crippen molar-refractivity contribution in [3.63, 3.8) is 0 Å². The van der Waals surface area contributed by atoms with Gasteiger partial charge in [-0.25, -0.2) is 0 Å². The largest absolute Gasteiger partial charge is 0.381 e. The van der Waals surface area contributed by atoms with Crippen molar-refractivity contribution in [3.8, 4) is 0 Å². The molecule has 3 rings (SSSR count). The maximum Gasteiger partial charge on any atom is 0.0471 e. The molecule has 0 radical (unpaired) electrons. The van der Waals surface area contributed by atoms with E-state index in [1.54, 1.807) is 5.56 Å². The Balaban J connectivity index is 1.80. The highest BCUT2D eigenvalue weighted by atomic mass is 79.9. The van der Waals surface area contributed by atoms with Crippen LogP contribution in [-0.4, -0.2) is 31.2 Å². The normalized spacial score (nSPS) is 21.9. The number of likely N-dealkylation sites (tertiary alicyclic amines) is 1. The quantitative estimate of drug-likeness (QED) is 0.835. The minimum absolute atomic E-state index is 0.694. The van der Waals surface area contributed by atoms with Crippen molar-refractivity contribution in [2.45, 2.75) is 38.1 Å². The second kappa shape index (κ2) is 6.38. The molecule has 2 heterocycles. The first-order valence-electron chi connectivity index (χ1n) is 7.41. The van der Waals surface area contributed by atoms with Gasteiger partial charge in [0.2, 0.25) is 0 Å². The molecule has 2 saturated heterocycles. The Morgan fingerprint density at radius 2 is 1.89 bits per heavy atom. The summed E-state index contributed by atoms with van der Waals surface area (Å²) in [6, 6.07) is 6.84. The summed E-state index contributed by atoms with van der Waals surface area (Å²) in [7, 11) is 0. The number of rotatable bonds is 3. The summed E-state index contributed by atoms with van der Waals surface area (Å²) in [6.07, 6.45) is 5.07. The molecule has 2 aliphatic heterocycles. The molecule has 1 aromatic rings. The number of benzene rings is 1. The molecule has 0 aromatic heterocycles. The van der Waals surface area contributed by atoms with Crippen molar-refractivity contribution in [2.75, 3.05) is 26.3 Å². The van der Waals surface area contributed by atoms with E-state index in [0.29, 0.717) is 5.92 Å². The minimum Gasteiger partial charge on any atom is -0.381 e. The van der Waals surface area contributed by atoms with Crippen molar-refractivity contribution in [2.24, 2.45) is 0 Å². The highest BCUT2D eigenvalue weighted by Crippen LogP contribution is 2.32. The van der Waals surface area contributed by atoms with E-state index in [4.69, 9.17) is 4.74 Å². The molecular formula is C16H22BrNO. The van der Waals surface area contributed by atoms with Gasteiger partial charge in [0, 0.05) is 24.2 Å². The van der Waals surface area contributed by atoms with Crippen LogP contribution >= 0.6 is 15.9 Å². The third-order valence-electron chi connectivity index (χ3n) is 4.36. The second-order valence-electron chi connectivity index (χ2n) is 5.71. The molecule has 104 valence electrons. The summed E-state index contributed by atoms with van der Waals surface area (Å²) < 4.78 is 6.70. The highest BCUT2D eigenvalue weighted by Gasteiger charge is 2.21. The molecular weight excluding hydrogens is 302 g/mol. The Kier molecular flexibility index (Phi) is 4.57. The van der Waals surface area contributed by atoms with Gasteiger partial charge < -0.3 is 4.74 Å². The average Bonchev–Trinajstić information content (AvgIpc) is 2.93. The predicted octanol–water partition coefficient (Wildman–Crippen LogP) is 3.94. The van der Waals surface area contributed by atoms with E-state index < -0.39 is 0 Å². The molecule has 0 N–H and O–H groups in total. The van der Waals surface area contributed by atoms with Crippen molar-refractivity contribution in [1.82, 2.24) is 4.90 Å². The van der Waals surface area contributed by atoms with Gasteiger partial charge in [-0.2, -0.15) is 0 Å². The SMILES string of the molecule is Brc1ccc(C2CCOCC2)c(CN2CCCC2)c1. The van der Waals surface area contributed by atoms with Crippen LogP contribution in [0.5, 0.6) is 0 Å². The van der Waals surface area contributed by atoms with Crippen LogP contribution in [0.1, 0.15) is 42.7 Å². The van der Waals surface area contributed by atoms with E-state index in [2.05, 4.69) is 39.0 Å². The molecule has 2 fully saturated rings. The molecule has 3 heteroatoms. The lowest BCUT2D eigenvalue weighted by Gasteiger charge is -2.26. The van der Waals surface area contributed by atoms with E-state index in [0.717, 1.165) is 19.8 Å². The zero-order chi connectivity index (χ0) is 13.1. The molecule has 0 spiro atoms. The maximum atomic E-state index is 5.50. The first kappa shape index (κ1) is 13.6. The maximum absolute atomic E-state index is 5.50. The summed E-state index contributed by atoms with van der Waals surface area (Å²) in [5, 5.41) is 0. The first-order chi connectivity index (χ1) is 9.33. The smallest absolute Gasteiger partial charge is 0.0471 e. The van der Waals surface area contributed by atoms with Gasteiger partial charge >= 0.3 is 0 Å². The van der Waals surface area contributed by atoms with Crippen LogP contribution in [0.4, 0.5) is 0 Å². The van der Waals surface area contributed by atoms with Crippen molar-refractivity contribution >= 4 is 15.9 Å². The van der Waals surface area contributed by atoms with Gasteiger partial charge in [-0.15, -0.1) is 0 Å². The van der Waals surface area contributed by atoms with Gasteiger partial charge in [-0.1, -0.05) is 22.0 Å². The van der Waals surface area contributed by atoms with Gasteiger partial charge in [0.05, 0.1) is 0 Å². The topological polar surface area (TPSA) is 12.5 Å². The summed E-state index contributed by atoms with van der Waals surface area (Å²) in [5.74, 6) is 0.694. The minimum atomic E-state index is 0.694. The summed E-state index contributed by atoms with van der Waals surface area (Å²) >= 11 is 3.63. The van der Waals surface area contributed by atoms with Crippen LogP contribution in [0.2, 0.25) is 0 Å². The fourth-order valence-electron chi connectivity index (χ4n) is 3.30. The lowest BCUT2D eigenvalue weighted by molar-refractivity contribution is 0.0850. The van der Waals surface area contributed by atoms with E-state index >= 15 is 0 Å². The van der Waals surface area contributed by atoms with Crippen LogP contribution < -0.4 is 0 Å². The Morgan fingerprint density at radius 3 is 2.63 bits per heavy atom. The average molecular weight is 324 g/mol. The van der Waals surface area contributed by atoms with Gasteiger partial charge in [0.15, 0.2) is 0 Å². The standard InChI is InChI=1S/C16H22BrNO/c17-15-3-4-16(13-5-9-19-10-6-13)14(11-15)12-18-7-1-2-8-18/h3-4,11,13H,1-2,5-10,12H2. The molecule has 2 aliphatic rings. The molecule has 0 aliphatic carbocycles. The first-order valence-corrected chi connectivity index (χ1v) is 8.20. The zero-order valence-corrected chi connectivity index (χ0v) is 13.0. The van der Waals surface area contributed by atoms with Crippen LogP contribution in [0.25, 0.3) is 0 Å². The fraction of sp³-hybridized carbons (Fsp3) is 0.625. The molecule has 0 bridgehead atoms. The van der Waals surface area contributed by atoms with Gasteiger partial charge in [0.1, 0.15) is 0 Å². The third kappa shape index (κ3) is 3.39. The summed E-state index contributed by atoms with van der Waals surface area (Å²) in [5.41, 5.74) is 3.07. The van der Waals surface area contributed by atoms with E-state index in [1.807, 2.05) is 0 Å². The fourth-order valence-corrected chi connectivity index (χ4v) is 3.71. The van der Waals surface area contributed by atoms with Crippen LogP contribution in [0.15, 0.2) is 22.7 Å². The summed E-state index contributed by atoms with van der Waals surface area (Å²) in [4.78, 5) is 2.59. The second-order valence-corrected chi connectivity index (χ2v) is 6.63. The number of nitrogens with zero attached hydrogens (tertiary/aromatic N) is 1. The molecule has 1 aromatic carbocycles. The monoisotopic (exact) mass is 323 g/mol. The Hall–Kier alpha value is -0.380. The van der Waals surface area contributed by atoms with Gasteiger partial charge in [-0.05, 0) is 68.0 Å². The number of halogens is 1. The van der Waals surface area contributed by atoms with Crippen molar-refractivity contribution < 1.29 is 4.74 Å². The lowest BCUT2D eigenvalue weighted by atomic mass is 9.88. The number of hydrogen-bond donors (Lipinski definition) is 0. The van der Waals surface area contributed by atoms with E-state index in [1.165, 1.54) is 48.8 Å². The molecule has 0 atom stereocenters. The van der Waals surface area contributed by atoms with Crippen LogP contribution in [0, 0.1) is 0 Å². The Bertz CT molecular complexity index is 423. The molecule has 19 heavy (non-hydrogen) atoms. The zero-order valence-electron chi connectivity index (χ0n) is 11.4. The van der Waals surface area contributed by atoms with E-state index in [-0.39, 0.29) is 0 Å².